The van der Waals surface area contributed by atoms with Gasteiger partial charge in [0.1, 0.15) is 23.4 Å². The van der Waals surface area contributed by atoms with E-state index in [-0.39, 0.29) is 16.5 Å². The fourth-order valence-corrected chi connectivity index (χ4v) is 3.76. The van der Waals surface area contributed by atoms with Crippen LogP contribution in [0.2, 0.25) is 0 Å². The lowest BCUT2D eigenvalue weighted by atomic mass is 10.1. The summed E-state index contributed by atoms with van der Waals surface area (Å²) in [6, 6.07) is 10.1. The summed E-state index contributed by atoms with van der Waals surface area (Å²) in [4.78, 5) is 4.00. The molecule has 0 spiro atoms. The molecule has 0 aliphatic rings. The first-order chi connectivity index (χ1) is 14.5. The second-order valence-electron chi connectivity index (χ2n) is 6.14. The van der Waals surface area contributed by atoms with Crippen molar-refractivity contribution >= 4 is 22.2 Å². The van der Waals surface area contributed by atoms with Crippen molar-refractivity contribution < 1.29 is 17.7 Å². The van der Waals surface area contributed by atoms with Gasteiger partial charge in [-0.1, -0.05) is 0 Å². The highest BCUT2D eigenvalue weighted by atomic mass is 32.2. The minimum absolute atomic E-state index is 0.151. The van der Waals surface area contributed by atoms with E-state index in [0.717, 1.165) is 17.7 Å². The number of rotatable bonds is 5. The van der Waals surface area contributed by atoms with Crippen molar-refractivity contribution in [2.24, 2.45) is 0 Å². The van der Waals surface area contributed by atoms with E-state index < -0.39 is 22.6 Å². The Labute approximate surface area is 172 Å². The van der Waals surface area contributed by atoms with Gasteiger partial charge < -0.3 is 4.74 Å². The molecule has 0 amide bonds. The fraction of sp³-hybridized carbons (Fsp3) is 0.0500. The van der Waals surface area contributed by atoms with Crippen LogP contribution in [-0.4, -0.2) is 25.9 Å². The number of ether oxygens (including phenoxy) is 1. The van der Waals surface area contributed by atoms with Crippen LogP contribution in [0.5, 0.6) is 5.88 Å². The Kier molecular flexibility index (Phi) is 5.12. The molecule has 0 saturated heterocycles. The van der Waals surface area contributed by atoms with Gasteiger partial charge in [0.2, 0.25) is 5.88 Å². The molecule has 30 heavy (non-hydrogen) atoms. The molecule has 0 aliphatic carbocycles. The summed E-state index contributed by atoms with van der Waals surface area (Å²) < 4.78 is 49.1. The quantitative estimate of drug-likeness (QED) is 0.527. The van der Waals surface area contributed by atoms with E-state index in [4.69, 9.17) is 4.74 Å². The Balaban J connectivity index is 1.72. The number of nitrogens with one attached hydrogen (secondary N) is 1. The van der Waals surface area contributed by atoms with Crippen LogP contribution in [0.4, 0.5) is 14.5 Å². The Morgan fingerprint density at radius 1 is 1.17 bits per heavy atom. The van der Waals surface area contributed by atoms with Crippen LogP contribution in [0, 0.1) is 23.0 Å². The summed E-state index contributed by atoms with van der Waals surface area (Å²) in [5, 5.41) is 13.3. The Hall–Kier alpha value is -3.84. The second-order valence-corrected chi connectivity index (χ2v) is 7.32. The number of methoxy groups -OCH3 is 1. The van der Waals surface area contributed by atoms with Gasteiger partial charge in [-0.25, -0.2) is 22.5 Å². The Morgan fingerprint density at radius 2 is 2.00 bits per heavy atom. The van der Waals surface area contributed by atoms with Gasteiger partial charge in [0.25, 0.3) is 0 Å². The molecule has 4 aromatic rings. The molecule has 1 aromatic carbocycles. The highest BCUT2D eigenvalue weighted by Crippen LogP contribution is 2.30. The predicted octanol–water partition coefficient (Wildman–Crippen LogP) is 3.69. The van der Waals surface area contributed by atoms with Crippen molar-refractivity contribution in [3.05, 3.63) is 72.2 Å². The summed E-state index contributed by atoms with van der Waals surface area (Å²) in [6.07, 6.45) is 4.73. The normalized spacial score (nSPS) is 11.8. The summed E-state index contributed by atoms with van der Waals surface area (Å²) in [5.41, 5.74) is 2.67. The van der Waals surface area contributed by atoms with Crippen molar-refractivity contribution in [2.75, 3.05) is 11.8 Å². The van der Waals surface area contributed by atoms with Crippen LogP contribution in [0.15, 0.2) is 59.9 Å². The Morgan fingerprint density at radius 3 is 2.73 bits per heavy atom. The van der Waals surface area contributed by atoms with Crippen molar-refractivity contribution in [1.29, 1.82) is 5.26 Å². The van der Waals surface area contributed by atoms with Crippen molar-refractivity contribution in [3.8, 4) is 23.1 Å². The molecule has 0 fully saturated rings. The molecule has 3 heterocycles. The molecule has 1 atom stereocenters. The van der Waals surface area contributed by atoms with Crippen LogP contribution in [-0.2, 0) is 11.0 Å². The van der Waals surface area contributed by atoms with Gasteiger partial charge in [0.15, 0.2) is 11.0 Å². The first-order valence-corrected chi connectivity index (χ1v) is 9.70. The van der Waals surface area contributed by atoms with Gasteiger partial charge in [0, 0.05) is 24.0 Å². The average Bonchev–Trinajstić information content (AvgIpc) is 3.16. The number of fused-ring (bicyclic) bond motifs is 1. The van der Waals surface area contributed by atoms with E-state index in [1.54, 1.807) is 35.1 Å². The maximum atomic E-state index is 14.0. The summed E-state index contributed by atoms with van der Waals surface area (Å²) in [7, 11) is -0.626. The smallest absolute Gasteiger partial charge is 0.238 e. The molecule has 0 radical (unpaired) electrons. The summed E-state index contributed by atoms with van der Waals surface area (Å²) in [6.45, 7) is 0. The average molecular weight is 425 g/mol. The molecule has 7 nitrogen and oxygen atoms in total. The third-order valence-electron chi connectivity index (χ3n) is 4.32. The standard InChI is InChI=1S/C20H13F2N5O2S/c1-29-20-17(26-30(28)19-3-2-15(21)8-16(19)22)6-13(10-24-20)12-4-5-27-18(7-12)14(9-23)11-25-27/h2-8,10-11,26H,1H3. The van der Waals surface area contributed by atoms with Crippen molar-refractivity contribution in [2.45, 2.75) is 4.90 Å². The zero-order chi connectivity index (χ0) is 21.3. The molecule has 0 bridgehead atoms. The van der Waals surface area contributed by atoms with Crippen LogP contribution in [0.3, 0.4) is 0 Å². The van der Waals surface area contributed by atoms with E-state index in [1.807, 2.05) is 0 Å². The number of hydrogen-bond donors (Lipinski definition) is 1. The van der Waals surface area contributed by atoms with Crippen molar-refractivity contribution in [1.82, 2.24) is 14.6 Å². The lowest BCUT2D eigenvalue weighted by Gasteiger charge is -2.12. The lowest BCUT2D eigenvalue weighted by molar-refractivity contribution is 0.400. The molecule has 3 aromatic heterocycles. The number of pyridine rings is 2. The van der Waals surface area contributed by atoms with Gasteiger partial charge in [-0.3, -0.25) is 4.72 Å². The summed E-state index contributed by atoms with van der Waals surface area (Å²) in [5.74, 6) is -1.54. The van der Waals surface area contributed by atoms with E-state index in [1.165, 1.54) is 13.3 Å². The molecule has 0 saturated carbocycles. The van der Waals surface area contributed by atoms with Crippen molar-refractivity contribution in [3.63, 3.8) is 0 Å². The first kappa shape index (κ1) is 19.5. The maximum Gasteiger partial charge on any atom is 0.238 e. The van der Waals surface area contributed by atoms with E-state index in [0.29, 0.717) is 22.7 Å². The lowest BCUT2D eigenvalue weighted by Crippen LogP contribution is -2.09. The molecule has 0 aliphatic heterocycles. The Bertz CT molecular complexity index is 1330. The third kappa shape index (κ3) is 3.58. The van der Waals surface area contributed by atoms with E-state index in [9.17, 15) is 18.3 Å². The van der Waals surface area contributed by atoms with Crippen LogP contribution >= 0.6 is 0 Å². The van der Waals surface area contributed by atoms with Gasteiger partial charge in [-0.05, 0) is 35.9 Å². The maximum absolute atomic E-state index is 14.0. The number of nitrogens with zero attached hydrogens (tertiary/aromatic N) is 4. The minimum Gasteiger partial charge on any atom is -0.480 e. The number of hydrogen-bond acceptors (Lipinski definition) is 5. The topological polar surface area (TPSA) is 92.3 Å². The van der Waals surface area contributed by atoms with Gasteiger partial charge in [0.05, 0.1) is 29.3 Å². The minimum atomic E-state index is -2.02. The number of aromatic nitrogens is 3. The highest BCUT2D eigenvalue weighted by Gasteiger charge is 2.16. The molecule has 1 N–H and O–H groups in total. The monoisotopic (exact) mass is 425 g/mol. The second kappa shape index (κ2) is 7.88. The SMILES string of the molecule is COc1ncc(-c2ccn3ncc(C#N)c3c2)cc1NS(=O)c1ccc(F)cc1F. The van der Waals surface area contributed by atoms with Crippen LogP contribution < -0.4 is 9.46 Å². The molecule has 150 valence electrons. The molecular formula is C20H13F2N5O2S. The number of halogens is 2. The first-order valence-electron chi connectivity index (χ1n) is 8.55. The number of anilines is 1. The van der Waals surface area contributed by atoms with E-state index in [2.05, 4.69) is 20.9 Å². The zero-order valence-electron chi connectivity index (χ0n) is 15.5. The summed E-state index contributed by atoms with van der Waals surface area (Å²) >= 11 is 0. The third-order valence-corrected chi connectivity index (χ3v) is 5.45. The molecule has 10 heteroatoms. The highest BCUT2D eigenvalue weighted by molar-refractivity contribution is 7.86. The number of benzene rings is 1. The van der Waals surface area contributed by atoms with E-state index >= 15 is 0 Å². The van der Waals surface area contributed by atoms with Gasteiger partial charge in [-0.15, -0.1) is 0 Å². The zero-order valence-corrected chi connectivity index (χ0v) is 16.3. The molecule has 1 unspecified atom stereocenters. The van der Waals surface area contributed by atoms with Gasteiger partial charge in [-0.2, -0.15) is 10.4 Å². The largest absolute Gasteiger partial charge is 0.480 e. The fourth-order valence-electron chi connectivity index (χ4n) is 2.87. The van der Waals surface area contributed by atoms with Crippen LogP contribution in [0.1, 0.15) is 5.56 Å². The molecular weight excluding hydrogens is 412 g/mol. The molecule has 4 rings (SSSR count). The van der Waals surface area contributed by atoms with Gasteiger partial charge >= 0.3 is 0 Å². The number of nitriles is 1. The predicted molar refractivity (Wildman–Crippen MR) is 106 cm³/mol. The van der Waals surface area contributed by atoms with Crippen LogP contribution in [0.25, 0.3) is 16.6 Å².